The number of ether oxygens (including phenoxy) is 1. The summed E-state index contributed by atoms with van der Waals surface area (Å²) in [6.07, 6.45) is -1.51. The van der Waals surface area contributed by atoms with Crippen molar-refractivity contribution in [3.8, 4) is 17.2 Å². The summed E-state index contributed by atoms with van der Waals surface area (Å²) in [4.78, 5) is 11.0. The highest BCUT2D eigenvalue weighted by Gasteiger charge is 2.21. The number of aliphatic hydroxyl groups is 1. The second-order valence-electron chi connectivity index (χ2n) is 8.29. The Morgan fingerprint density at radius 1 is 0.970 bits per heavy atom. The van der Waals surface area contributed by atoms with E-state index in [9.17, 15) is 15.0 Å². The number of halogens is 2. The highest BCUT2D eigenvalue weighted by Crippen LogP contribution is 2.43. The third-order valence-corrected chi connectivity index (χ3v) is 6.70. The molecule has 0 saturated carbocycles. The maximum atomic E-state index is 11.0. The van der Waals surface area contributed by atoms with Gasteiger partial charge in [-0.3, -0.25) is 0 Å². The third kappa shape index (κ3) is 5.96. The van der Waals surface area contributed by atoms with Crippen LogP contribution in [0.15, 0.2) is 63.5 Å². The van der Waals surface area contributed by atoms with E-state index in [-0.39, 0.29) is 24.0 Å². The lowest BCUT2D eigenvalue weighted by atomic mass is 9.88. The van der Waals surface area contributed by atoms with Crippen molar-refractivity contribution in [3.63, 3.8) is 0 Å². The van der Waals surface area contributed by atoms with Crippen LogP contribution < -0.4 is 4.74 Å². The number of carboxylic acids is 1. The normalized spacial score (nSPS) is 13.1. The van der Waals surface area contributed by atoms with Gasteiger partial charge < -0.3 is 20.1 Å². The van der Waals surface area contributed by atoms with E-state index in [2.05, 4.69) is 31.9 Å². The Morgan fingerprint density at radius 3 is 2.09 bits per heavy atom. The van der Waals surface area contributed by atoms with E-state index >= 15 is 0 Å². The lowest BCUT2D eigenvalue weighted by molar-refractivity contribution is -0.146. The first-order chi connectivity index (χ1) is 15.6. The highest BCUT2D eigenvalue weighted by molar-refractivity contribution is 9.11. The van der Waals surface area contributed by atoms with Crippen LogP contribution in [-0.2, 0) is 11.2 Å². The van der Waals surface area contributed by atoms with E-state index < -0.39 is 12.1 Å². The predicted octanol–water partition coefficient (Wildman–Crippen LogP) is 6.97. The Labute approximate surface area is 210 Å². The molecular weight excluding hydrogens is 552 g/mol. The maximum Gasteiger partial charge on any atom is 0.332 e. The topological polar surface area (TPSA) is 87.0 Å². The molecule has 174 valence electrons. The summed E-state index contributed by atoms with van der Waals surface area (Å²) in [5, 5.41) is 29.6. The molecule has 5 nitrogen and oxygen atoms in total. The van der Waals surface area contributed by atoms with Gasteiger partial charge in [0.05, 0.1) is 8.95 Å². The van der Waals surface area contributed by atoms with Crippen molar-refractivity contribution in [1.29, 1.82) is 0 Å². The average Bonchev–Trinajstić information content (AvgIpc) is 2.77. The van der Waals surface area contributed by atoms with Gasteiger partial charge in [-0.25, -0.2) is 4.79 Å². The molecule has 3 aromatic carbocycles. The minimum atomic E-state index is -1.48. The summed E-state index contributed by atoms with van der Waals surface area (Å²) in [6.45, 7) is 6.08. The fraction of sp³-hybridized carbons (Fsp3) is 0.269. The Morgan fingerprint density at radius 2 is 1.55 bits per heavy atom. The van der Waals surface area contributed by atoms with Crippen molar-refractivity contribution in [3.05, 3.63) is 85.8 Å². The molecule has 2 unspecified atom stereocenters. The first-order valence-corrected chi connectivity index (χ1v) is 12.2. The third-order valence-electron chi connectivity index (χ3n) is 5.52. The predicted molar refractivity (Wildman–Crippen MR) is 135 cm³/mol. The van der Waals surface area contributed by atoms with Crippen molar-refractivity contribution in [1.82, 2.24) is 0 Å². The molecule has 0 radical (unpaired) electrons. The van der Waals surface area contributed by atoms with Crippen LogP contribution in [0.2, 0.25) is 0 Å². The number of rotatable bonds is 8. The van der Waals surface area contributed by atoms with Crippen molar-refractivity contribution >= 4 is 37.8 Å². The average molecular weight is 578 g/mol. The molecular formula is C26H26Br2O5. The number of phenols is 1. The van der Waals surface area contributed by atoms with Gasteiger partial charge in [-0.2, -0.15) is 0 Å². The maximum absolute atomic E-state index is 11.0. The smallest absolute Gasteiger partial charge is 0.332 e. The quantitative estimate of drug-likeness (QED) is 0.269. The summed E-state index contributed by atoms with van der Waals surface area (Å²) in [5.41, 5.74) is 3.29. The Hall–Kier alpha value is -2.35. The van der Waals surface area contributed by atoms with E-state index in [1.54, 1.807) is 12.1 Å². The second kappa shape index (κ2) is 10.7. The minimum Gasteiger partial charge on any atom is -0.507 e. The fourth-order valence-electron chi connectivity index (χ4n) is 3.66. The van der Waals surface area contributed by atoms with Crippen LogP contribution in [0.3, 0.4) is 0 Å². The number of aliphatic carboxylic acids is 1. The van der Waals surface area contributed by atoms with Crippen molar-refractivity contribution in [2.75, 3.05) is 0 Å². The van der Waals surface area contributed by atoms with Crippen molar-refractivity contribution < 1.29 is 24.9 Å². The molecule has 0 saturated heterocycles. The molecule has 0 fully saturated rings. The number of hydrogen-bond donors (Lipinski definition) is 3. The molecule has 0 aliphatic rings. The fourth-order valence-corrected chi connectivity index (χ4v) is 5.10. The number of phenolic OH excluding ortho intramolecular Hbond substituents is 1. The van der Waals surface area contributed by atoms with E-state index in [1.807, 2.05) is 63.2 Å². The Bertz CT molecular complexity index is 1120. The lowest BCUT2D eigenvalue weighted by Crippen LogP contribution is -2.21. The number of carbonyl (C=O) groups is 1. The first-order valence-electron chi connectivity index (χ1n) is 10.6. The van der Waals surface area contributed by atoms with E-state index in [4.69, 9.17) is 9.84 Å². The van der Waals surface area contributed by atoms with Crippen molar-refractivity contribution in [2.45, 2.75) is 45.1 Å². The van der Waals surface area contributed by atoms with Crippen LogP contribution >= 0.6 is 31.9 Å². The molecule has 0 heterocycles. The van der Waals surface area contributed by atoms with Gasteiger partial charge in [0.2, 0.25) is 0 Å². The van der Waals surface area contributed by atoms with Crippen LogP contribution in [0.25, 0.3) is 0 Å². The van der Waals surface area contributed by atoms with Gasteiger partial charge in [0.25, 0.3) is 0 Å². The summed E-state index contributed by atoms with van der Waals surface area (Å²) < 4.78 is 7.46. The standard InChI is InChI=1S/C26H26Br2O5/c1-14(2)19-12-18(13-20(24(19)30)15(3)17-7-5-4-6-8-17)33-25-21(27)9-16(10-22(25)28)11-23(29)26(31)32/h4-10,12-15,23,29-30H,11H2,1-3H3,(H,31,32). The van der Waals surface area contributed by atoms with Gasteiger partial charge in [0.1, 0.15) is 11.5 Å². The molecule has 2 atom stereocenters. The lowest BCUT2D eigenvalue weighted by Gasteiger charge is -2.21. The van der Waals surface area contributed by atoms with E-state index in [0.29, 0.717) is 26.0 Å². The Balaban J connectivity index is 2.00. The van der Waals surface area contributed by atoms with Gasteiger partial charge >= 0.3 is 5.97 Å². The largest absolute Gasteiger partial charge is 0.507 e. The van der Waals surface area contributed by atoms with Crippen LogP contribution in [0.5, 0.6) is 17.2 Å². The molecule has 3 rings (SSSR count). The summed E-state index contributed by atoms with van der Waals surface area (Å²) in [6, 6.07) is 17.1. The molecule has 0 bridgehead atoms. The van der Waals surface area contributed by atoms with Crippen LogP contribution in [0.4, 0.5) is 0 Å². The van der Waals surface area contributed by atoms with Crippen molar-refractivity contribution in [2.24, 2.45) is 0 Å². The number of carboxylic acid groups (broad SMARTS) is 1. The van der Waals surface area contributed by atoms with Crippen LogP contribution in [0.1, 0.15) is 54.9 Å². The molecule has 3 aromatic rings. The molecule has 0 amide bonds. The molecule has 0 aromatic heterocycles. The number of aliphatic hydroxyl groups excluding tert-OH is 1. The summed E-state index contributed by atoms with van der Waals surface area (Å²) in [5.74, 6) is 0.134. The molecule has 7 heteroatoms. The van der Waals surface area contributed by atoms with Crippen LogP contribution in [0, 0.1) is 0 Å². The first kappa shape index (κ1) is 25.3. The Kier molecular flexibility index (Phi) is 8.21. The zero-order valence-corrected chi connectivity index (χ0v) is 21.7. The van der Waals surface area contributed by atoms with Gasteiger partial charge in [0, 0.05) is 23.5 Å². The zero-order valence-electron chi connectivity index (χ0n) is 18.5. The molecule has 0 spiro atoms. The SMILES string of the molecule is CC(C)c1cc(Oc2c(Br)cc(CC(O)C(=O)O)cc2Br)cc(C(C)c2ccccc2)c1O. The molecule has 3 N–H and O–H groups in total. The highest BCUT2D eigenvalue weighted by atomic mass is 79.9. The molecule has 0 aliphatic heterocycles. The summed E-state index contributed by atoms with van der Waals surface area (Å²) in [7, 11) is 0. The van der Waals surface area contributed by atoms with E-state index in [0.717, 1.165) is 16.7 Å². The van der Waals surface area contributed by atoms with E-state index in [1.165, 1.54) is 0 Å². The van der Waals surface area contributed by atoms with Gasteiger partial charge in [-0.1, -0.05) is 51.1 Å². The minimum absolute atomic E-state index is 0.0255. The second-order valence-corrected chi connectivity index (χ2v) is 9.99. The van der Waals surface area contributed by atoms with Crippen LogP contribution in [-0.4, -0.2) is 27.4 Å². The van der Waals surface area contributed by atoms with Gasteiger partial charge in [0.15, 0.2) is 11.9 Å². The monoisotopic (exact) mass is 576 g/mol. The van der Waals surface area contributed by atoms with Gasteiger partial charge in [-0.05, 0) is 73.2 Å². The zero-order chi connectivity index (χ0) is 24.3. The molecule has 33 heavy (non-hydrogen) atoms. The molecule has 0 aliphatic carbocycles. The van der Waals surface area contributed by atoms with Gasteiger partial charge in [-0.15, -0.1) is 0 Å². The number of aromatic hydroxyl groups is 1. The number of hydrogen-bond acceptors (Lipinski definition) is 4. The number of benzene rings is 3. The summed E-state index contributed by atoms with van der Waals surface area (Å²) >= 11 is 6.99.